The lowest BCUT2D eigenvalue weighted by atomic mass is 10.0. The molecule has 1 aliphatic heterocycles. The lowest BCUT2D eigenvalue weighted by Gasteiger charge is -2.20. The number of hydrogen-bond donors (Lipinski definition) is 2. The van der Waals surface area contributed by atoms with Crippen molar-refractivity contribution in [3.05, 3.63) is 107 Å². The lowest BCUT2D eigenvalue weighted by Crippen LogP contribution is -2.84. The first-order chi connectivity index (χ1) is 13.7. The summed E-state index contributed by atoms with van der Waals surface area (Å²) in [4.78, 5) is 22.8. The minimum atomic E-state index is -0.505. The average Bonchev–Trinajstić information content (AvgIpc) is 2.77. The molecule has 2 aromatic carbocycles. The van der Waals surface area contributed by atoms with Crippen LogP contribution < -0.4 is 11.2 Å². The first kappa shape index (κ1) is 17.5. The largest absolute Gasteiger partial charge is 0.658 e. The molecule has 28 heavy (non-hydrogen) atoms. The van der Waals surface area contributed by atoms with Gasteiger partial charge in [0.15, 0.2) is 0 Å². The highest BCUT2D eigenvalue weighted by molar-refractivity contribution is 6.04. The zero-order chi connectivity index (χ0) is 19.3. The van der Waals surface area contributed by atoms with Gasteiger partial charge in [-0.1, -0.05) is 72.5 Å². The van der Waals surface area contributed by atoms with E-state index in [4.69, 9.17) is 10.6 Å². The molecule has 3 aromatic rings. The van der Waals surface area contributed by atoms with Crippen molar-refractivity contribution in [3.63, 3.8) is 0 Å². The molecule has 0 amide bonds. The maximum atomic E-state index is 12.8. The zero-order valence-corrected chi connectivity index (χ0v) is 14.9. The van der Waals surface area contributed by atoms with Crippen LogP contribution in [0.5, 0.6) is 0 Å². The molecule has 2 heterocycles. The Morgan fingerprint density at radius 2 is 1.82 bits per heavy atom. The molecule has 0 aliphatic carbocycles. The molecule has 0 fully saturated rings. The van der Waals surface area contributed by atoms with Crippen LogP contribution in [0.2, 0.25) is 0 Å². The van der Waals surface area contributed by atoms with Crippen LogP contribution in [0.1, 0.15) is 10.4 Å². The van der Waals surface area contributed by atoms with E-state index < -0.39 is 5.97 Å². The number of carbonyl (C=O) groups excluding carboxylic acids is 1. The van der Waals surface area contributed by atoms with Crippen molar-refractivity contribution in [1.82, 2.24) is 4.98 Å². The Morgan fingerprint density at radius 3 is 2.61 bits per heavy atom. The van der Waals surface area contributed by atoms with Crippen molar-refractivity contribution in [2.45, 2.75) is 0 Å². The molecule has 4 N–H and O–H groups in total. The number of nitrogens with zero attached hydrogens (tertiary/aromatic N) is 2. The number of quaternary nitrogens is 1. The Morgan fingerprint density at radius 1 is 1.04 bits per heavy atom. The molecular weight excluding hydrogens is 352 g/mol. The van der Waals surface area contributed by atoms with Crippen LogP contribution >= 0.6 is 0 Å². The predicted molar refractivity (Wildman–Crippen MR) is 107 cm³/mol. The first-order valence-electron chi connectivity index (χ1n) is 8.75. The third kappa shape index (κ3) is 3.62. The van der Waals surface area contributed by atoms with Crippen LogP contribution in [0.3, 0.4) is 0 Å². The van der Waals surface area contributed by atoms with Crippen molar-refractivity contribution in [3.8, 4) is 11.3 Å². The second-order valence-electron chi connectivity index (χ2n) is 6.13. The molecule has 138 valence electrons. The van der Waals surface area contributed by atoms with Gasteiger partial charge >= 0.3 is 5.97 Å². The molecule has 0 unspecified atom stereocenters. The number of allylic oxidation sites excluding steroid dienone is 3. The average molecular weight is 370 g/mol. The van der Waals surface area contributed by atoms with Crippen LogP contribution in [0.4, 0.5) is 0 Å². The van der Waals surface area contributed by atoms with Crippen molar-refractivity contribution in [2.24, 2.45) is 5.73 Å². The SMILES string of the molecule is NC([NH2+]OC(=O)c1cc(-c2ccccc2)nc2ccccc12)=C1C=CC=C[N-]1. The monoisotopic (exact) mass is 370 g/mol. The van der Waals surface area contributed by atoms with Gasteiger partial charge in [-0.3, -0.25) is 4.84 Å². The number of hydroxylamine groups is 1. The highest BCUT2D eigenvalue weighted by Crippen LogP contribution is 2.25. The summed E-state index contributed by atoms with van der Waals surface area (Å²) < 4.78 is 0. The van der Waals surface area contributed by atoms with Crippen molar-refractivity contribution in [2.75, 3.05) is 0 Å². The summed E-state index contributed by atoms with van der Waals surface area (Å²) in [5, 5.41) is 4.86. The molecule has 0 atom stereocenters. The Bertz CT molecular complexity index is 1120. The first-order valence-corrected chi connectivity index (χ1v) is 8.75. The van der Waals surface area contributed by atoms with E-state index in [-0.39, 0.29) is 5.82 Å². The van der Waals surface area contributed by atoms with Gasteiger partial charge in [0.05, 0.1) is 16.8 Å². The standard InChI is InChI=1S/C22H18N4O2/c23-21(19-12-6-7-13-24-19)26-28-22(27)17-14-20(15-8-2-1-3-9-15)25-18-11-5-4-10-16(17)18/h1-14H,(H4,23,24,25,26,27). The number of pyridine rings is 1. The second-order valence-corrected chi connectivity index (χ2v) is 6.13. The molecule has 6 heteroatoms. The van der Waals surface area contributed by atoms with Crippen LogP contribution in [0, 0.1) is 0 Å². The topological polar surface area (TPSA) is 95.9 Å². The highest BCUT2D eigenvalue weighted by Gasteiger charge is 2.17. The van der Waals surface area contributed by atoms with Gasteiger partial charge in [-0.15, -0.1) is 5.48 Å². The summed E-state index contributed by atoms with van der Waals surface area (Å²) in [5.74, 6) is -0.231. The number of aromatic nitrogens is 1. The maximum absolute atomic E-state index is 12.8. The zero-order valence-electron chi connectivity index (χ0n) is 14.9. The summed E-state index contributed by atoms with van der Waals surface area (Å²) >= 11 is 0. The van der Waals surface area contributed by atoms with E-state index in [0.29, 0.717) is 17.0 Å². The van der Waals surface area contributed by atoms with Crippen LogP contribution in [-0.2, 0) is 4.84 Å². The van der Waals surface area contributed by atoms with E-state index in [1.54, 1.807) is 24.4 Å². The van der Waals surface area contributed by atoms with E-state index in [1.807, 2.05) is 60.7 Å². The molecule has 6 nitrogen and oxygen atoms in total. The van der Waals surface area contributed by atoms with Crippen molar-refractivity contribution in [1.29, 1.82) is 0 Å². The normalized spacial score (nSPS) is 14.6. The highest BCUT2D eigenvalue weighted by atomic mass is 16.7. The smallest absolute Gasteiger partial charge is 0.398 e. The number of benzene rings is 2. The van der Waals surface area contributed by atoms with Gasteiger partial charge in [-0.05, 0) is 12.1 Å². The number of hydrogen-bond acceptors (Lipinski definition) is 4. The second kappa shape index (κ2) is 7.77. The van der Waals surface area contributed by atoms with Gasteiger partial charge in [0.2, 0.25) is 5.82 Å². The summed E-state index contributed by atoms with van der Waals surface area (Å²) in [6, 6.07) is 18.9. The predicted octanol–water partition coefficient (Wildman–Crippen LogP) is 3.12. The Kier molecular flexibility index (Phi) is 4.86. The minimum Gasteiger partial charge on any atom is -0.658 e. The summed E-state index contributed by atoms with van der Waals surface area (Å²) in [6.45, 7) is 0. The van der Waals surface area contributed by atoms with Gasteiger partial charge < -0.3 is 11.1 Å². The lowest BCUT2D eigenvalue weighted by molar-refractivity contribution is -0.836. The molecule has 0 saturated carbocycles. The summed E-state index contributed by atoms with van der Waals surface area (Å²) in [5.41, 5.74) is 10.5. The molecular formula is C22H18N4O2. The number of fused-ring (bicyclic) bond motifs is 1. The number of nitrogens with two attached hydrogens (primary N) is 2. The number of carbonyl (C=O) groups is 1. The van der Waals surface area contributed by atoms with Crippen molar-refractivity contribution >= 4 is 16.9 Å². The molecule has 0 spiro atoms. The van der Waals surface area contributed by atoms with Gasteiger partial charge in [-0.2, -0.15) is 6.20 Å². The fourth-order valence-electron chi connectivity index (χ4n) is 2.88. The van der Waals surface area contributed by atoms with Crippen molar-refractivity contribution < 1.29 is 15.1 Å². The van der Waals surface area contributed by atoms with E-state index in [2.05, 4.69) is 10.3 Å². The molecule has 4 rings (SSSR count). The number of rotatable bonds is 4. The van der Waals surface area contributed by atoms with E-state index in [1.165, 1.54) is 5.48 Å². The quantitative estimate of drug-likeness (QED) is 0.690. The van der Waals surface area contributed by atoms with E-state index >= 15 is 0 Å². The molecule has 1 aromatic heterocycles. The Labute approximate surface area is 162 Å². The van der Waals surface area contributed by atoms with Crippen LogP contribution in [0.25, 0.3) is 27.5 Å². The fourth-order valence-corrected chi connectivity index (χ4v) is 2.88. The van der Waals surface area contributed by atoms with Gasteiger partial charge in [0.1, 0.15) is 0 Å². The minimum absolute atomic E-state index is 0.274. The summed E-state index contributed by atoms with van der Waals surface area (Å²) in [6.07, 6.45) is 6.97. The molecule has 0 saturated heterocycles. The van der Waals surface area contributed by atoms with Gasteiger partial charge in [-0.25, -0.2) is 9.78 Å². The maximum Gasteiger partial charge on any atom is 0.398 e. The van der Waals surface area contributed by atoms with Crippen LogP contribution in [0.15, 0.2) is 96.6 Å². The third-order valence-electron chi connectivity index (χ3n) is 4.26. The van der Waals surface area contributed by atoms with E-state index in [0.717, 1.165) is 16.5 Å². The molecule has 0 radical (unpaired) electrons. The van der Waals surface area contributed by atoms with Gasteiger partial charge in [0.25, 0.3) is 0 Å². The number of para-hydroxylation sites is 1. The van der Waals surface area contributed by atoms with Gasteiger partial charge in [0, 0.05) is 10.9 Å². The Balaban J connectivity index is 1.66. The third-order valence-corrected chi connectivity index (χ3v) is 4.26. The fraction of sp³-hybridized carbons (Fsp3) is 0. The van der Waals surface area contributed by atoms with E-state index in [9.17, 15) is 4.79 Å². The summed E-state index contributed by atoms with van der Waals surface area (Å²) in [7, 11) is 0. The van der Waals surface area contributed by atoms with Crippen LogP contribution in [-0.4, -0.2) is 11.0 Å². The Hall–Kier alpha value is -3.90. The molecule has 1 aliphatic rings. The molecule has 0 bridgehead atoms.